The number of hydrogen-bond donors (Lipinski definition) is 1. The molecule has 0 bridgehead atoms. The van der Waals surface area contributed by atoms with Crippen molar-refractivity contribution >= 4 is 34.8 Å². The van der Waals surface area contributed by atoms with Crippen LogP contribution in [-0.4, -0.2) is 10.5 Å². The van der Waals surface area contributed by atoms with Gasteiger partial charge < -0.3 is 9.88 Å². The van der Waals surface area contributed by atoms with E-state index in [2.05, 4.69) is 5.32 Å². The minimum Gasteiger partial charge on any atom is -0.321 e. The third-order valence-corrected chi connectivity index (χ3v) is 3.44. The molecule has 2 aromatic rings. The SMILES string of the molecule is CCn1cc(NC(=O)c2cc(F)c(Cl)cc2Cl)ccc1=O. The second kappa shape index (κ2) is 6.28. The van der Waals surface area contributed by atoms with Crippen LogP contribution in [0.2, 0.25) is 10.0 Å². The van der Waals surface area contributed by atoms with Crippen molar-refractivity contribution in [2.75, 3.05) is 5.32 Å². The Bertz CT molecular complexity index is 759. The Balaban J connectivity index is 2.30. The van der Waals surface area contributed by atoms with Crippen LogP contribution in [0.5, 0.6) is 0 Å². The van der Waals surface area contributed by atoms with Crippen molar-refractivity contribution in [1.82, 2.24) is 4.57 Å². The maximum absolute atomic E-state index is 13.4. The van der Waals surface area contributed by atoms with Gasteiger partial charge in [0.2, 0.25) is 0 Å². The number of rotatable bonds is 3. The van der Waals surface area contributed by atoms with E-state index in [1.807, 2.05) is 0 Å². The van der Waals surface area contributed by atoms with E-state index in [-0.39, 0.29) is 21.2 Å². The molecule has 21 heavy (non-hydrogen) atoms. The molecule has 0 atom stereocenters. The average molecular weight is 329 g/mol. The summed E-state index contributed by atoms with van der Waals surface area (Å²) in [6.45, 7) is 2.28. The minimum atomic E-state index is -0.732. The molecule has 1 N–H and O–H groups in total. The van der Waals surface area contributed by atoms with Crippen molar-refractivity contribution in [2.24, 2.45) is 0 Å². The van der Waals surface area contributed by atoms with Crippen LogP contribution in [0.25, 0.3) is 0 Å². The summed E-state index contributed by atoms with van der Waals surface area (Å²) in [5.41, 5.74) is 0.201. The summed E-state index contributed by atoms with van der Waals surface area (Å²) in [5.74, 6) is -1.32. The molecule has 0 saturated carbocycles. The zero-order chi connectivity index (χ0) is 15.6. The number of amides is 1. The largest absolute Gasteiger partial charge is 0.321 e. The number of anilines is 1. The number of hydrogen-bond acceptors (Lipinski definition) is 2. The number of aryl methyl sites for hydroxylation is 1. The van der Waals surface area contributed by atoms with Gasteiger partial charge in [0.15, 0.2) is 0 Å². The van der Waals surface area contributed by atoms with Gasteiger partial charge in [-0.2, -0.15) is 0 Å². The van der Waals surface area contributed by atoms with Crippen molar-refractivity contribution < 1.29 is 9.18 Å². The van der Waals surface area contributed by atoms with Crippen molar-refractivity contribution in [3.8, 4) is 0 Å². The zero-order valence-corrected chi connectivity index (χ0v) is 12.5. The molecule has 4 nitrogen and oxygen atoms in total. The van der Waals surface area contributed by atoms with Gasteiger partial charge in [-0.1, -0.05) is 23.2 Å². The standard InChI is InChI=1S/C14H11Cl2FN2O2/c1-2-19-7-8(3-4-13(19)20)18-14(21)9-5-12(17)11(16)6-10(9)15/h3-7H,2H2,1H3,(H,18,21). The normalized spacial score (nSPS) is 10.5. The van der Waals surface area contributed by atoms with E-state index in [1.54, 1.807) is 6.92 Å². The van der Waals surface area contributed by atoms with Gasteiger partial charge in [-0.3, -0.25) is 9.59 Å². The van der Waals surface area contributed by atoms with Gasteiger partial charge in [0.25, 0.3) is 11.5 Å². The average Bonchev–Trinajstić information content (AvgIpc) is 2.44. The van der Waals surface area contributed by atoms with Gasteiger partial charge in [-0.05, 0) is 25.1 Å². The van der Waals surface area contributed by atoms with Gasteiger partial charge in [0.1, 0.15) is 5.82 Å². The first-order valence-electron chi connectivity index (χ1n) is 6.08. The molecule has 0 saturated heterocycles. The minimum absolute atomic E-state index is 0.0344. The van der Waals surface area contributed by atoms with Crippen molar-refractivity contribution in [3.05, 3.63) is 62.2 Å². The number of aromatic nitrogens is 1. The quantitative estimate of drug-likeness (QED) is 0.876. The Morgan fingerprint density at radius 1 is 1.29 bits per heavy atom. The highest BCUT2D eigenvalue weighted by Gasteiger charge is 2.14. The van der Waals surface area contributed by atoms with Gasteiger partial charge in [-0.25, -0.2) is 4.39 Å². The number of nitrogens with zero attached hydrogens (tertiary/aromatic N) is 1. The maximum atomic E-state index is 13.4. The molecular formula is C14H11Cl2FN2O2. The van der Waals surface area contributed by atoms with Gasteiger partial charge in [0, 0.05) is 18.8 Å². The molecule has 0 spiro atoms. The summed E-state index contributed by atoms with van der Waals surface area (Å²) >= 11 is 11.5. The smallest absolute Gasteiger partial charge is 0.257 e. The Morgan fingerprint density at radius 2 is 2.00 bits per heavy atom. The molecule has 110 valence electrons. The molecule has 7 heteroatoms. The van der Waals surface area contributed by atoms with Gasteiger partial charge in [-0.15, -0.1) is 0 Å². The molecule has 1 amide bonds. The fraction of sp³-hybridized carbons (Fsp3) is 0.143. The Hall–Kier alpha value is -1.85. The molecule has 0 unspecified atom stereocenters. The monoisotopic (exact) mass is 328 g/mol. The van der Waals surface area contributed by atoms with Crippen LogP contribution in [0, 0.1) is 5.82 Å². The Kier molecular flexibility index (Phi) is 4.65. The molecule has 0 radical (unpaired) electrons. The molecule has 0 aliphatic carbocycles. The van der Waals surface area contributed by atoms with E-state index >= 15 is 0 Å². The number of halogens is 3. The number of benzene rings is 1. The fourth-order valence-electron chi connectivity index (χ4n) is 1.75. The number of nitrogens with one attached hydrogen (secondary N) is 1. The van der Waals surface area contributed by atoms with Crippen LogP contribution >= 0.6 is 23.2 Å². The van der Waals surface area contributed by atoms with Crippen molar-refractivity contribution in [3.63, 3.8) is 0 Å². The molecular weight excluding hydrogens is 318 g/mol. The van der Waals surface area contributed by atoms with Crippen LogP contribution in [0.4, 0.5) is 10.1 Å². The molecule has 2 rings (SSSR count). The first-order chi connectivity index (χ1) is 9.92. The summed E-state index contributed by atoms with van der Waals surface area (Å²) in [6, 6.07) is 4.94. The van der Waals surface area contributed by atoms with Crippen LogP contribution in [-0.2, 0) is 6.54 Å². The summed E-state index contributed by atoms with van der Waals surface area (Å²) in [6.07, 6.45) is 1.50. The summed E-state index contributed by atoms with van der Waals surface area (Å²) < 4.78 is 14.8. The first-order valence-corrected chi connectivity index (χ1v) is 6.84. The zero-order valence-electron chi connectivity index (χ0n) is 11.0. The molecule has 0 fully saturated rings. The second-order valence-corrected chi connectivity index (χ2v) is 5.06. The fourth-order valence-corrected chi connectivity index (χ4v) is 2.22. The summed E-state index contributed by atoms with van der Waals surface area (Å²) in [7, 11) is 0. The summed E-state index contributed by atoms with van der Waals surface area (Å²) in [4.78, 5) is 23.5. The highest BCUT2D eigenvalue weighted by atomic mass is 35.5. The predicted molar refractivity (Wildman–Crippen MR) is 80.7 cm³/mol. The number of carbonyl (C=O) groups excluding carboxylic acids is 1. The van der Waals surface area contributed by atoms with Crippen LogP contribution < -0.4 is 10.9 Å². The molecule has 1 heterocycles. The third kappa shape index (κ3) is 3.43. The van der Waals surface area contributed by atoms with E-state index in [1.165, 1.54) is 29.0 Å². The van der Waals surface area contributed by atoms with Crippen LogP contribution in [0.3, 0.4) is 0 Å². The van der Waals surface area contributed by atoms with Gasteiger partial charge >= 0.3 is 0 Å². The van der Waals surface area contributed by atoms with E-state index in [9.17, 15) is 14.0 Å². The van der Waals surface area contributed by atoms with E-state index in [0.717, 1.165) is 6.07 Å². The lowest BCUT2D eigenvalue weighted by atomic mass is 10.2. The lowest BCUT2D eigenvalue weighted by molar-refractivity contribution is 0.102. The highest BCUT2D eigenvalue weighted by Crippen LogP contribution is 2.25. The van der Waals surface area contributed by atoms with Crippen LogP contribution in [0.15, 0.2) is 35.3 Å². The van der Waals surface area contributed by atoms with Crippen LogP contribution in [0.1, 0.15) is 17.3 Å². The van der Waals surface area contributed by atoms with Crippen molar-refractivity contribution in [1.29, 1.82) is 0 Å². The lowest BCUT2D eigenvalue weighted by Gasteiger charge is -2.09. The molecule has 0 aliphatic rings. The Labute approximate surface area is 130 Å². The number of pyridine rings is 1. The maximum Gasteiger partial charge on any atom is 0.257 e. The predicted octanol–water partition coefficient (Wildman–Crippen LogP) is 3.57. The van der Waals surface area contributed by atoms with Gasteiger partial charge in [0.05, 0.1) is 21.3 Å². The molecule has 0 aliphatic heterocycles. The summed E-state index contributed by atoms with van der Waals surface area (Å²) in [5, 5.41) is 2.44. The van der Waals surface area contributed by atoms with E-state index in [0.29, 0.717) is 12.2 Å². The second-order valence-electron chi connectivity index (χ2n) is 4.24. The third-order valence-electron chi connectivity index (χ3n) is 2.84. The Morgan fingerprint density at radius 3 is 2.67 bits per heavy atom. The number of carbonyl (C=O) groups is 1. The van der Waals surface area contributed by atoms with E-state index in [4.69, 9.17) is 23.2 Å². The molecule has 1 aromatic carbocycles. The molecule has 1 aromatic heterocycles. The topological polar surface area (TPSA) is 51.1 Å². The lowest BCUT2D eigenvalue weighted by Crippen LogP contribution is -2.20. The van der Waals surface area contributed by atoms with E-state index < -0.39 is 11.7 Å². The van der Waals surface area contributed by atoms with Crippen molar-refractivity contribution in [2.45, 2.75) is 13.5 Å². The first kappa shape index (κ1) is 15.5. The highest BCUT2D eigenvalue weighted by molar-refractivity contribution is 6.37.